The van der Waals surface area contributed by atoms with Gasteiger partial charge >= 0.3 is 6.09 Å². The van der Waals surface area contributed by atoms with E-state index < -0.39 is 17.5 Å². The van der Waals surface area contributed by atoms with Gasteiger partial charge in [-0.25, -0.2) is 14.2 Å². The van der Waals surface area contributed by atoms with Crippen LogP contribution in [0.4, 0.5) is 9.18 Å². The Morgan fingerprint density at radius 2 is 2.22 bits per heavy atom. The summed E-state index contributed by atoms with van der Waals surface area (Å²) in [5, 5.41) is 2.48. The lowest BCUT2D eigenvalue weighted by molar-refractivity contribution is 0.0535. The number of rotatable bonds is 1. The SMILES string of the molecule is CC(C)(C)OC(=O)NCC#Cc1ccc(F)cn1. The van der Waals surface area contributed by atoms with E-state index >= 15 is 0 Å². The minimum atomic E-state index is -0.532. The first kappa shape index (κ1) is 14.0. The molecule has 0 bridgehead atoms. The van der Waals surface area contributed by atoms with Crippen molar-refractivity contribution in [3.8, 4) is 11.8 Å². The third kappa shape index (κ3) is 5.85. The van der Waals surface area contributed by atoms with E-state index in [4.69, 9.17) is 4.74 Å². The molecule has 0 saturated heterocycles. The van der Waals surface area contributed by atoms with Crippen molar-refractivity contribution in [3.63, 3.8) is 0 Å². The maximum absolute atomic E-state index is 12.6. The zero-order chi connectivity index (χ0) is 13.6. The number of nitrogens with zero attached hydrogens (tertiary/aromatic N) is 1. The molecule has 4 nitrogen and oxygen atoms in total. The summed E-state index contributed by atoms with van der Waals surface area (Å²) in [5.74, 6) is 4.97. The van der Waals surface area contributed by atoms with E-state index in [1.54, 1.807) is 20.8 Å². The lowest BCUT2D eigenvalue weighted by Gasteiger charge is -2.18. The number of alkyl carbamates (subject to hydrolysis) is 1. The van der Waals surface area contributed by atoms with Crippen molar-refractivity contribution in [1.29, 1.82) is 0 Å². The van der Waals surface area contributed by atoms with Crippen molar-refractivity contribution in [3.05, 3.63) is 29.8 Å². The number of nitrogens with one attached hydrogen (secondary N) is 1. The fourth-order valence-electron chi connectivity index (χ4n) is 1.02. The van der Waals surface area contributed by atoms with Crippen LogP contribution in [-0.4, -0.2) is 23.2 Å². The van der Waals surface area contributed by atoms with Gasteiger partial charge in [-0.15, -0.1) is 0 Å². The van der Waals surface area contributed by atoms with Gasteiger partial charge in [-0.1, -0.05) is 5.92 Å². The summed E-state index contributed by atoms with van der Waals surface area (Å²) < 4.78 is 17.6. The van der Waals surface area contributed by atoms with Gasteiger partial charge in [0.1, 0.15) is 17.1 Å². The van der Waals surface area contributed by atoms with Gasteiger partial charge in [0.25, 0.3) is 0 Å². The molecule has 0 atom stereocenters. The van der Waals surface area contributed by atoms with Crippen LogP contribution in [0.1, 0.15) is 26.5 Å². The van der Waals surface area contributed by atoms with E-state index in [-0.39, 0.29) is 6.54 Å². The highest BCUT2D eigenvalue weighted by molar-refractivity contribution is 5.68. The van der Waals surface area contributed by atoms with Crippen LogP contribution in [0.2, 0.25) is 0 Å². The second kappa shape index (κ2) is 6.01. The van der Waals surface area contributed by atoms with E-state index in [2.05, 4.69) is 22.1 Å². The predicted octanol–water partition coefficient (Wildman–Crippen LogP) is 2.10. The number of pyridine rings is 1. The summed E-state index contributed by atoms with van der Waals surface area (Å²) in [7, 11) is 0. The summed E-state index contributed by atoms with van der Waals surface area (Å²) in [6.45, 7) is 5.48. The first-order valence-corrected chi connectivity index (χ1v) is 5.44. The molecule has 0 aliphatic heterocycles. The molecule has 0 fully saturated rings. The maximum Gasteiger partial charge on any atom is 0.408 e. The molecule has 0 aromatic carbocycles. The number of ether oxygens (including phenoxy) is 1. The van der Waals surface area contributed by atoms with Crippen molar-refractivity contribution < 1.29 is 13.9 Å². The topological polar surface area (TPSA) is 51.2 Å². The monoisotopic (exact) mass is 250 g/mol. The fraction of sp³-hybridized carbons (Fsp3) is 0.385. The summed E-state index contributed by atoms with van der Waals surface area (Å²) in [6, 6.07) is 2.74. The molecule has 18 heavy (non-hydrogen) atoms. The molecule has 1 amide bonds. The van der Waals surface area contributed by atoms with Crippen LogP contribution >= 0.6 is 0 Å². The maximum atomic E-state index is 12.6. The summed E-state index contributed by atoms with van der Waals surface area (Å²) in [6.07, 6.45) is 0.564. The lowest BCUT2D eigenvalue weighted by atomic mass is 10.2. The van der Waals surface area contributed by atoms with Crippen LogP contribution in [0.5, 0.6) is 0 Å². The van der Waals surface area contributed by atoms with E-state index in [1.807, 2.05) is 0 Å². The highest BCUT2D eigenvalue weighted by Crippen LogP contribution is 2.05. The molecule has 1 aromatic heterocycles. The normalized spacial score (nSPS) is 10.2. The number of amides is 1. The fourth-order valence-corrected chi connectivity index (χ4v) is 1.02. The third-order valence-corrected chi connectivity index (χ3v) is 1.66. The van der Waals surface area contributed by atoms with Gasteiger partial charge in [-0.2, -0.15) is 0 Å². The van der Waals surface area contributed by atoms with Gasteiger partial charge in [0, 0.05) is 0 Å². The van der Waals surface area contributed by atoms with Gasteiger partial charge < -0.3 is 10.1 Å². The minimum absolute atomic E-state index is 0.147. The molecule has 1 aromatic rings. The Bertz CT molecular complexity index is 466. The second-order valence-corrected chi connectivity index (χ2v) is 4.52. The van der Waals surface area contributed by atoms with Crippen LogP contribution < -0.4 is 5.32 Å². The number of hydrogen-bond acceptors (Lipinski definition) is 3. The Labute approximate surface area is 106 Å². The summed E-state index contributed by atoms with van der Waals surface area (Å²) in [4.78, 5) is 15.0. The average Bonchev–Trinajstić information content (AvgIpc) is 2.24. The molecular weight excluding hydrogens is 235 g/mol. The molecule has 0 aliphatic rings. The molecule has 5 heteroatoms. The molecule has 0 unspecified atom stereocenters. The van der Waals surface area contributed by atoms with Gasteiger partial charge in [-0.05, 0) is 38.8 Å². The van der Waals surface area contributed by atoms with Crippen LogP contribution in [0.3, 0.4) is 0 Å². The largest absolute Gasteiger partial charge is 0.444 e. The van der Waals surface area contributed by atoms with Crippen molar-refractivity contribution in [2.75, 3.05) is 6.54 Å². The number of hydrogen-bond donors (Lipinski definition) is 1. The van der Waals surface area contributed by atoms with Crippen molar-refractivity contribution in [2.24, 2.45) is 0 Å². The minimum Gasteiger partial charge on any atom is -0.444 e. The van der Waals surface area contributed by atoms with Crippen LogP contribution in [0, 0.1) is 17.7 Å². The molecule has 0 saturated carbocycles. The van der Waals surface area contributed by atoms with Gasteiger partial charge in [0.2, 0.25) is 0 Å². The highest BCUT2D eigenvalue weighted by Gasteiger charge is 2.14. The third-order valence-electron chi connectivity index (χ3n) is 1.66. The van der Waals surface area contributed by atoms with E-state index in [1.165, 1.54) is 12.1 Å². The van der Waals surface area contributed by atoms with Crippen LogP contribution in [0.15, 0.2) is 18.3 Å². The lowest BCUT2D eigenvalue weighted by Crippen LogP contribution is -2.32. The van der Waals surface area contributed by atoms with Gasteiger partial charge in [-0.3, -0.25) is 0 Å². The van der Waals surface area contributed by atoms with Crippen molar-refractivity contribution in [2.45, 2.75) is 26.4 Å². The molecule has 96 valence electrons. The zero-order valence-corrected chi connectivity index (χ0v) is 10.6. The molecule has 0 radical (unpaired) electrons. The van der Waals surface area contributed by atoms with Gasteiger partial charge in [0.15, 0.2) is 0 Å². The average molecular weight is 250 g/mol. The van der Waals surface area contributed by atoms with Crippen LogP contribution in [0.25, 0.3) is 0 Å². The smallest absolute Gasteiger partial charge is 0.408 e. The Morgan fingerprint density at radius 1 is 1.50 bits per heavy atom. The predicted molar refractivity (Wildman–Crippen MR) is 65.3 cm³/mol. The molecule has 0 aliphatic carbocycles. The Balaban J connectivity index is 2.38. The number of carbonyl (C=O) groups is 1. The summed E-state index contributed by atoms with van der Waals surface area (Å²) >= 11 is 0. The Kier molecular flexibility index (Phi) is 4.67. The molecule has 1 N–H and O–H groups in total. The quantitative estimate of drug-likeness (QED) is 0.776. The van der Waals surface area contributed by atoms with E-state index in [0.717, 1.165) is 6.20 Å². The summed E-state index contributed by atoms with van der Waals surface area (Å²) in [5.41, 5.74) is -0.0851. The first-order valence-electron chi connectivity index (χ1n) is 5.44. The first-order chi connectivity index (χ1) is 8.37. The van der Waals surface area contributed by atoms with Crippen molar-refractivity contribution >= 4 is 6.09 Å². The Hall–Kier alpha value is -2.09. The molecule has 1 rings (SSSR count). The standard InChI is InChI=1S/C13H15FN2O2/c1-13(2,3)18-12(17)15-8-4-5-11-7-6-10(14)9-16-11/h6-7,9H,8H2,1-3H3,(H,15,17). The van der Waals surface area contributed by atoms with Gasteiger partial charge in [0.05, 0.1) is 12.7 Å². The van der Waals surface area contributed by atoms with Crippen LogP contribution in [-0.2, 0) is 4.74 Å². The second-order valence-electron chi connectivity index (χ2n) is 4.52. The van der Waals surface area contributed by atoms with Crippen molar-refractivity contribution in [1.82, 2.24) is 10.3 Å². The number of halogens is 1. The molecule has 0 spiro atoms. The number of carbonyl (C=O) groups excluding carboxylic acids is 1. The number of aromatic nitrogens is 1. The van der Waals surface area contributed by atoms with E-state index in [9.17, 15) is 9.18 Å². The highest BCUT2D eigenvalue weighted by atomic mass is 19.1. The Morgan fingerprint density at radius 3 is 2.78 bits per heavy atom. The van der Waals surface area contributed by atoms with E-state index in [0.29, 0.717) is 5.69 Å². The molecular formula is C13H15FN2O2. The molecule has 1 heterocycles. The zero-order valence-electron chi connectivity index (χ0n) is 10.6.